The first-order valence-corrected chi connectivity index (χ1v) is 7.52. The molecule has 0 saturated heterocycles. The summed E-state index contributed by atoms with van der Waals surface area (Å²) in [6, 6.07) is 7.80. The molecule has 1 atom stereocenters. The van der Waals surface area contributed by atoms with Crippen molar-refractivity contribution in [3.8, 4) is 11.5 Å². The second-order valence-corrected chi connectivity index (χ2v) is 5.35. The number of hydrogen-bond donors (Lipinski definition) is 2. The number of halogens is 1. The van der Waals surface area contributed by atoms with Crippen LogP contribution in [0.15, 0.2) is 28.8 Å². The van der Waals surface area contributed by atoms with Crippen molar-refractivity contribution in [1.29, 1.82) is 0 Å². The molecule has 126 valence electrons. The first kappa shape index (κ1) is 19.1. The number of aromatic nitrogens is 2. The number of amides is 1. The third kappa shape index (κ3) is 6.00. The molecule has 2 rings (SSSR count). The van der Waals surface area contributed by atoms with Gasteiger partial charge in [0, 0.05) is 31.0 Å². The molecule has 0 bridgehead atoms. The van der Waals surface area contributed by atoms with Crippen molar-refractivity contribution < 1.29 is 9.32 Å². The molecule has 2 aromatic rings. The first-order valence-electron chi connectivity index (χ1n) is 7.52. The number of rotatable bonds is 7. The highest BCUT2D eigenvalue weighted by Crippen LogP contribution is 2.18. The third-order valence-electron chi connectivity index (χ3n) is 3.23. The van der Waals surface area contributed by atoms with Crippen molar-refractivity contribution in [3.63, 3.8) is 0 Å². The van der Waals surface area contributed by atoms with Crippen LogP contribution in [0, 0.1) is 0 Å². The fourth-order valence-electron chi connectivity index (χ4n) is 2.04. The third-order valence-corrected chi connectivity index (χ3v) is 3.23. The van der Waals surface area contributed by atoms with E-state index in [9.17, 15) is 4.79 Å². The summed E-state index contributed by atoms with van der Waals surface area (Å²) in [5, 5.41) is 6.74. The number of carbonyl (C=O) groups is 1. The zero-order chi connectivity index (χ0) is 15.9. The van der Waals surface area contributed by atoms with E-state index in [1.807, 2.05) is 38.1 Å². The highest BCUT2D eigenvalue weighted by Gasteiger charge is 2.08. The zero-order valence-electron chi connectivity index (χ0n) is 13.4. The molecule has 6 nitrogen and oxygen atoms in total. The van der Waals surface area contributed by atoms with Crippen LogP contribution >= 0.6 is 12.4 Å². The summed E-state index contributed by atoms with van der Waals surface area (Å²) >= 11 is 0. The average molecular weight is 339 g/mol. The van der Waals surface area contributed by atoms with Gasteiger partial charge in [-0.3, -0.25) is 4.79 Å². The fraction of sp³-hybridized carbons (Fsp3) is 0.438. The minimum absolute atomic E-state index is 0. The number of benzene rings is 1. The maximum atomic E-state index is 11.5. The minimum Gasteiger partial charge on any atom is -0.356 e. The summed E-state index contributed by atoms with van der Waals surface area (Å²) in [5.74, 6) is 1.23. The maximum absolute atomic E-state index is 11.5. The molecule has 0 aliphatic heterocycles. The van der Waals surface area contributed by atoms with Crippen LogP contribution in [0.2, 0.25) is 0 Å². The van der Waals surface area contributed by atoms with Crippen molar-refractivity contribution in [2.75, 3.05) is 6.54 Å². The molecule has 0 radical (unpaired) electrons. The van der Waals surface area contributed by atoms with E-state index in [-0.39, 0.29) is 24.4 Å². The van der Waals surface area contributed by atoms with E-state index in [0.29, 0.717) is 24.7 Å². The highest BCUT2D eigenvalue weighted by atomic mass is 35.5. The normalized spacial score (nSPS) is 11.6. The molecule has 0 fully saturated rings. The van der Waals surface area contributed by atoms with Crippen LogP contribution in [-0.2, 0) is 17.6 Å². The highest BCUT2D eigenvalue weighted by molar-refractivity contribution is 5.85. The van der Waals surface area contributed by atoms with Gasteiger partial charge in [-0.05, 0) is 31.0 Å². The van der Waals surface area contributed by atoms with Gasteiger partial charge in [-0.25, -0.2) is 0 Å². The van der Waals surface area contributed by atoms with E-state index in [1.54, 1.807) is 0 Å². The maximum Gasteiger partial charge on any atom is 0.257 e. The molecule has 1 aromatic carbocycles. The van der Waals surface area contributed by atoms with Crippen molar-refractivity contribution in [2.45, 2.75) is 39.2 Å². The Bertz CT molecular complexity index is 611. The second kappa shape index (κ2) is 9.27. The fourth-order valence-corrected chi connectivity index (χ4v) is 2.04. The molecule has 7 heteroatoms. The van der Waals surface area contributed by atoms with Gasteiger partial charge in [-0.15, -0.1) is 12.4 Å². The van der Waals surface area contributed by atoms with Crippen LogP contribution in [0.3, 0.4) is 0 Å². The van der Waals surface area contributed by atoms with Gasteiger partial charge < -0.3 is 15.6 Å². The van der Waals surface area contributed by atoms with E-state index in [2.05, 4.69) is 15.5 Å². The molecule has 1 aromatic heterocycles. The lowest BCUT2D eigenvalue weighted by molar-refractivity contribution is -0.121. The molecular weight excluding hydrogens is 316 g/mol. The van der Waals surface area contributed by atoms with Gasteiger partial charge in [0.15, 0.2) is 5.82 Å². The van der Waals surface area contributed by atoms with Crippen molar-refractivity contribution in [2.24, 2.45) is 5.73 Å². The lowest BCUT2D eigenvalue weighted by Gasteiger charge is -2.07. The second-order valence-electron chi connectivity index (χ2n) is 5.35. The Balaban J connectivity index is 0.00000264. The minimum atomic E-state index is -0.110. The van der Waals surface area contributed by atoms with Gasteiger partial charge in [-0.2, -0.15) is 4.98 Å². The topological polar surface area (TPSA) is 94.0 Å². The van der Waals surface area contributed by atoms with E-state index < -0.39 is 0 Å². The molecule has 1 heterocycles. The zero-order valence-corrected chi connectivity index (χ0v) is 14.2. The summed E-state index contributed by atoms with van der Waals surface area (Å²) < 4.78 is 5.20. The van der Waals surface area contributed by atoms with Crippen LogP contribution < -0.4 is 11.1 Å². The van der Waals surface area contributed by atoms with Crippen molar-refractivity contribution in [3.05, 3.63) is 35.7 Å². The molecule has 0 aliphatic rings. The number of aryl methyl sites for hydroxylation is 1. The molecule has 1 amide bonds. The Morgan fingerprint density at radius 1 is 1.35 bits per heavy atom. The summed E-state index contributed by atoms with van der Waals surface area (Å²) in [6.07, 6.45) is 1.88. The largest absolute Gasteiger partial charge is 0.356 e. The smallest absolute Gasteiger partial charge is 0.257 e. The summed E-state index contributed by atoms with van der Waals surface area (Å²) in [7, 11) is 0. The standard InChI is InChI=1S/C16H22N4O2.ClH/c1-3-14-19-16(22-20-14)13-6-4-12(5-7-13)8-9-18-15(21)10-11(2)17;/h4-7,11H,3,8-10,17H2,1-2H3,(H,18,21);1H. The molecule has 3 N–H and O–H groups in total. The van der Waals surface area contributed by atoms with Crippen LogP contribution in [0.5, 0.6) is 0 Å². The van der Waals surface area contributed by atoms with Gasteiger partial charge in [0.25, 0.3) is 5.89 Å². The number of carbonyl (C=O) groups excluding carboxylic acids is 1. The predicted molar refractivity (Wildman–Crippen MR) is 91.3 cm³/mol. The summed E-state index contributed by atoms with van der Waals surface area (Å²) in [6.45, 7) is 4.41. The van der Waals surface area contributed by atoms with Crippen molar-refractivity contribution in [1.82, 2.24) is 15.5 Å². The van der Waals surface area contributed by atoms with Crippen LogP contribution in [0.25, 0.3) is 11.5 Å². The molecule has 0 saturated carbocycles. The average Bonchev–Trinajstić information content (AvgIpc) is 2.96. The van der Waals surface area contributed by atoms with Crippen molar-refractivity contribution >= 4 is 18.3 Å². The molecule has 1 unspecified atom stereocenters. The molecule has 0 spiro atoms. The van der Waals surface area contributed by atoms with E-state index in [1.165, 1.54) is 0 Å². The van der Waals surface area contributed by atoms with E-state index >= 15 is 0 Å². The van der Waals surface area contributed by atoms with Crippen LogP contribution in [0.4, 0.5) is 0 Å². The van der Waals surface area contributed by atoms with E-state index in [4.69, 9.17) is 10.3 Å². The first-order chi connectivity index (χ1) is 10.6. The molecular formula is C16H23ClN4O2. The quantitative estimate of drug-likeness (QED) is 0.806. The Kier molecular flexibility index (Phi) is 7.71. The number of hydrogen-bond acceptors (Lipinski definition) is 5. The van der Waals surface area contributed by atoms with Gasteiger partial charge in [0.05, 0.1) is 0 Å². The van der Waals surface area contributed by atoms with Gasteiger partial charge >= 0.3 is 0 Å². The monoisotopic (exact) mass is 338 g/mol. The Morgan fingerprint density at radius 2 is 2.04 bits per heavy atom. The lowest BCUT2D eigenvalue weighted by Crippen LogP contribution is -2.31. The van der Waals surface area contributed by atoms with Gasteiger partial charge in [0.2, 0.25) is 5.91 Å². The van der Waals surface area contributed by atoms with E-state index in [0.717, 1.165) is 24.0 Å². The van der Waals surface area contributed by atoms with Gasteiger partial charge in [0.1, 0.15) is 0 Å². The lowest BCUT2D eigenvalue weighted by atomic mass is 10.1. The number of nitrogens with two attached hydrogens (primary N) is 1. The number of nitrogens with one attached hydrogen (secondary N) is 1. The Hall–Kier alpha value is -1.92. The SMILES string of the molecule is CCc1noc(-c2ccc(CCNC(=O)CC(C)N)cc2)n1.Cl. The Morgan fingerprint density at radius 3 is 2.61 bits per heavy atom. The van der Waals surface area contributed by atoms with Crippen LogP contribution in [-0.4, -0.2) is 28.6 Å². The Labute approximate surface area is 142 Å². The van der Waals surface area contributed by atoms with Crippen LogP contribution in [0.1, 0.15) is 31.7 Å². The summed E-state index contributed by atoms with van der Waals surface area (Å²) in [4.78, 5) is 15.8. The number of nitrogens with zero attached hydrogens (tertiary/aromatic N) is 2. The molecule has 0 aliphatic carbocycles. The predicted octanol–water partition coefficient (Wildman–Crippen LogP) is 2.12. The summed E-state index contributed by atoms with van der Waals surface area (Å²) in [5.41, 5.74) is 7.62. The molecule has 23 heavy (non-hydrogen) atoms. The van der Waals surface area contributed by atoms with Gasteiger partial charge in [-0.1, -0.05) is 24.2 Å².